The predicted octanol–water partition coefficient (Wildman–Crippen LogP) is 3.81. The Kier molecular flexibility index (Phi) is 6.42. The molecule has 0 spiro atoms. The zero-order valence-electron chi connectivity index (χ0n) is 17.5. The number of carbonyl (C=O) groups is 2. The molecule has 1 aliphatic rings. The van der Waals surface area contributed by atoms with Crippen LogP contribution in [0.15, 0.2) is 36.4 Å². The summed E-state index contributed by atoms with van der Waals surface area (Å²) >= 11 is 0. The number of carbonyl (C=O) groups excluding carboxylic acids is 2. The number of hydrogen-bond donors (Lipinski definition) is 1. The van der Waals surface area contributed by atoms with E-state index in [-0.39, 0.29) is 17.7 Å². The van der Waals surface area contributed by atoms with Crippen LogP contribution in [0.4, 0.5) is 5.69 Å². The van der Waals surface area contributed by atoms with Gasteiger partial charge < -0.3 is 19.7 Å². The maximum absolute atomic E-state index is 13.0. The lowest BCUT2D eigenvalue weighted by Crippen LogP contribution is -2.43. The van der Waals surface area contributed by atoms with Crippen LogP contribution >= 0.6 is 0 Å². The molecule has 2 aromatic carbocycles. The number of piperidine rings is 1. The van der Waals surface area contributed by atoms with Crippen molar-refractivity contribution >= 4 is 17.5 Å². The molecule has 1 heterocycles. The number of aryl methyl sites for hydroxylation is 2. The number of nitrogens with one attached hydrogen (secondary N) is 1. The second kappa shape index (κ2) is 8.99. The molecule has 0 saturated carbocycles. The SMILES string of the molecule is COc1ccc(NC(=O)[C@H]2CCCN(C(=O)c3cc(C)cc(C)c3)C2)c(OC)c1. The van der Waals surface area contributed by atoms with Crippen LogP contribution in [-0.4, -0.2) is 44.0 Å². The number of ether oxygens (including phenoxy) is 2. The van der Waals surface area contributed by atoms with Crippen molar-refractivity contribution in [1.82, 2.24) is 4.90 Å². The first-order valence-corrected chi connectivity index (χ1v) is 9.81. The molecule has 29 heavy (non-hydrogen) atoms. The number of hydrogen-bond acceptors (Lipinski definition) is 4. The van der Waals surface area contributed by atoms with Crippen LogP contribution in [0, 0.1) is 19.8 Å². The second-order valence-electron chi connectivity index (χ2n) is 7.52. The first-order chi connectivity index (χ1) is 13.9. The van der Waals surface area contributed by atoms with Crippen LogP contribution in [0.1, 0.15) is 34.3 Å². The van der Waals surface area contributed by atoms with E-state index in [9.17, 15) is 9.59 Å². The van der Waals surface area contributed by atoms with Crippen LogP contribution in [0.5, 0.6) is 11.5 Å². The van der Waals surface area contributed by atoms with Gasteiger partial charge in [-0.1, -0.05) is 17.2 Å². The lowest BCUT2D eigenvalue weighted by atomic mass is 9.96. The van der Waals surface area contributed by atoms with Crippen molar-refractivity contribution in [3.8, 4) is 11.5 Å². The smallest absolute Gasteiger partial charge is 0.253 e. The Bertz CT molecular complexity index is 889. The van der Waals surface area contributed by atoms with Crippen molar-refractivity contribution in [1.29, 1.82) is 0 Å². The molecule has 1 fully saturated rings. The van der Waals surface area contributed by atoms with E-state index in [4.69, 9.17) is 9.47 Å². The van der Waals surface area contributed by atoms with Crippen molar-refractivity contribution in [2.75, 3.05) is 32.6 Å². The van der Waals surface area contributed by atoms with Gasteiger partial charge in [0.2, 0.25) is 5.91 Å². The van der Waals surface area contributed by atoms with E-state index in [1.54, 1.807) is 37.3 Å². The van der Waals surface area contributed by atoms with Crippen molar-refractivity contribution in [2.45, 2.75) is 26.7 Å². The minimum Gasteiger partial charge on any atom is -0.497 e. The Morgan fingerprint density at radius 3 is 2.41 bits per heavy atom. The Morgan fingerprint density at radius 2 is 1.76 bits per heavy atom. The Balaban J connectivity index is 1.70. The third-order valence-corrected chi connectivity index (χ3v) is 5.21. The van der Waals surface area contributed by atoms with Gasteiger partial charge in [0.05, 0.1) is 25.8 Å². The standard InChI is InChI=1S/C23H28N2O4/c1-15-10-16(2)12-18(11-15)23(27)25-9-5-6-17(14-25)22(26)24-20-8-7-19(28-3)13-21(20)29-4/h7-8,10-13,17H,5-6,9,14H2,1-4H3,(H,24,26)/t17-/m0/s1. The van der Waals surface area contributed by atoms with Crippen molar-refractivity contribution in [3.63, 3.8) is 0 Å². The zero-order chi connectivity index (χ0) is 21.0. The van der Waals surface area contributed by atoms with Gasteiger partial charge in [0.25, 0.3) is 5.91 Å². The molecule has 3 rings (SSSR count). The number of methoxy groups -OCH3 is 2. The third-order valence-electron chi connectivity index (χ3n) is 5.21. The predicted molar refractivity (Wildman–Crippen MR) is 113 cm³/mol. The molecule has 6 nitrogen and oxygen atoms in total. The Hall–Kier alpha value is -3.02. The summed E-state index contributed by atoms with van der Waals surface area (Å²) in [4.78, 5) is 27.6. The summed E-state index contributed by atoms with van der Waals surface area (Å²) < 4.78 is 10.6. The van der Waals surface area contributed by atoms with Gasteiger partial charge in [0.1, 0.15) is 11.5 Å². The summed E-state index contributed by atoms with van der Waals surface area (Å²) in [5.74, 6) is 0.813. The Morgan fingerprint density at radius 1 is 1.03 bits per heavy atom. The lowest BCUT2D eigenvalue weighted by molar-refractivity contribution is -0.121. The quantitative estimate of drug-likeness (QED) is 0.834. The number of anilines is 1. The Labute approximate surface area is 171 Å². The van der Waals surface area contributed by atoms with Crippen LogP contribution in [-0.2, 0) is 4.79 Å². The minimum atomic E-state index is -0.259. The molecule has 2 aromatic rings. The largest absolute Gasteiger partial charge is 0.497 e. The molecule has 1 N–H and O–H groups in total. The molecule has 1 aliphatic heterocycles. The fraction of sp³-hybridized carbons (Fsp3) is 0.391. The van der Waals surface area contributed by atoms with E-state index >= 15 is 0 Å². The molecule has 0 aromatic heterocycles. The molecule has 6 heteroatoms. The lowest BCUT2D eigenvalue weighted by Gasteiger charge is -2.32. The molecule has 0 unspecified atom stereocenters. The van der Waals surface area contributed by atoms with E-state index in [0.29, 0.717) is 35.8 Å². The van der Waals surface area contributed by atoms with Crippen LogP contribution < -0.4 is 14.8 Å². The summed E-state index contributed by atoms with van der Waals surface area (Å²) in [6.45, 7) is 5.05. The van der Waals surface area contributed by atoms with Crippen molar-refractivity contribution < 1.29 is 19.1 Å². The average Bonchev–Trinajstić information content (AvgIpc) is 2.72. The second-order valence-corrected chi connectivity index (χ2v) is 7.52. The highest BCUT2D eigenvalue weighted by atomic mass is 16.5. The van der Waals surface area contributed by atoms with E-state index in [1.165, 1.54) is 0 Å². The van der Waals surface area contributed by atoms with Crippen molar-refractivity contribution in [3.05, 3.63) is 53.1 Å². The van der Waals surface area contributed by atoms with Gasteiger partial charge in [-0.2, -0.15) is 0 Å². The molecule has 0 radical (unpaired) electrons. The summed E-state index contributed by atoms with van der Waals surface area (Å²) in [6.07, 6.45) is 1.55. The van der Waals surface area contributed by atoms with Crippen molar-refractivity contribution in [2.24, 2.45) is 5.92 Å². The van der Waals surface area contributed by atoms with Gasteiger partial charge in [-0.15, -0.1) is 0 Å². The summed E-state index contributed by atoms with van der Waals surface area (Å²) in [5, 5.41) is 2.94. The first-order valence-electron chi connectivity index (χ1n) is 9.81. The summed E-state index contributed by atoms with van der Waals surface area (Å²) in [7, 11) is 3.13. The number of likely N-dealkylation sites (tertiary alicyclic amines) is 1. The number of rotatable bonds is 5. The molecule has 1 atom stereocenters. The maximum atomic E-state index is 13.0. The highest BCUT2D eigenvalue weighted by Crippen LogP contribution is 2.30. The van der Waals surface area contributed by atoms with Crippen LogP contribution in [0.2, 0.25) is 0 Å². The van der Waals surface area contributed by atoms with Gasteiger partial charge in [-0.25, -0.2) is 0 Å². The van der Waals surface area contributed by atoms with Gasteiger partial charge in [0.15, 0.2) is 0 Å². The van der Waals surface area contributed by atoms with Gasteiger partial charge >= 0.3 is 0 Å². The topological polar surface area (TPSA) is 67.9 Å². The van der Waals surface area contributed by atoms with E-state index in [2.05, 4.69) is 5.32 Å². The summed E-state index contributed by atoms with van der Waals surface area (Å²) in [6, 6.07) is 11.1. The summed E-state index contributed by atoms with van der Waals surface area (Å²) in [5.41, 5.74) is 3.40. The highest BCUT2D eigenvalue weighted by Gasteiger charge is 2.29. The first kappa shape index (κ1) is 20.7. The number of benzene rings is 2. The van der Waals surface area contributed by atoms with Gasteiger partial charge in [-0.05, 0) is 51.0 Å². The third kappa shape index (κ3) is 4.88. The van der Waals surface area contributed by atoms with Gasteiger partial charge in [0, 0.05) is 24.7 Å². The minimum absolute atomic E-state index is 0.0173. The highest BCUT2D eigenvalue weighted by molar-refractivity contribution is 5.97. The molecule has 0 bridgehead atoms. The van der Waals surface area contributed by atoms with E-state index in [1.807, 2.05) is 32.0 Å². The molecule has 2 amide bonds. The average molecular weight is 396 g/mol. The van der Waals surface area contributed by atoms with E-state index in [0.717, 1.165) is 24.0 Å². The molecule has 0 aliphatic carbocycles. The van der Waals surface area contributed by atoms with Gasteiger partial charge in [-0.3, -0.25) is 9.59 Å². The molecular weight excluding hydrogens is 368 g/mol. The molecule has 1 saturated heterocycles. The number of nitrogens with zero attached hydrogens (tertiary/aromatic N) is 1. The fourth-order valence-corrected chi connectivity index (χ4v) is 3.79. The molecular formula is C23H28N2O4. The monoisotopic (exact) mass is 396 g/mol. The fourth-order valence-electron chi connectivity index (χ4n) is 3.79. The normalized spacial score (nSPS) is 16.3. The van der Waals surface area contributed by atoms with E-state index < -0.39 is 0 Å². The number of amides is 2. The van der Waals surface area contributed by atoms with Crippen LogP contribution in [0.25, 0.3) is 0 Å². The van der Waals surface area contributed by atoms with Crippen LogP contribution in [0.3, 0.4) is 0 Å². The zero-order valence-corrected chi connectivity index (χ0v) is 17.5. The maximum Gasteiger partial charge on any atom is 0.253 e. The molecule has 154 valence electrons.